The fourth-order valence-electron chi connectivity index (χ4n) is 7.57. The molecular weight excluding hydrogens is 671 g/mol. The Morgan fingerprint density at radius 3 is 2.37 bits per heavy atom. The largest absolute Gasteiger partial charge is 0.418 e. The van der Waals surface area contributed by atoms with Gasteiger partial charge >= 0.3 is 17.3 Å². The molecule has 0 saturated carbocycles. The number of amides is 1. The number of rotatable bonds is 5. The highest BCUT2D eigenvalue weighted by molar-refractivity contribution is 6.04. The molecule has 52 heavy (non-hydrogen) atoms. The minimum absolute atomic E-state index is 0.0368. The summed E-state index contributed by atoms with van der Waals surface area (Å²) in [6.45, 7) is 2.36. The molecule has 0 atom stereocenters. The average Bonchev–Trinajstić information content (AvgIpc) is 3.15. The molecule has 6 aromatic rings. The molecule has 0 aliphatic carbocycles. The lowest BCUT2D eigenvalue weighted by Gasteiger charge is -2.36. The number of likely N-dealkylation sites (tertiary alicyclic amines) is 1. The quantitative estimate of drug-likeness (QED) is 0.170. The minimum Gasteiger partial charge on any atom is -0.371 e. The lowest BCUT2D eigenvalue weighted by molar-refractivity contribution is -0.137. The third-order valence-electron chi connectivity index (χ3n) is 10.4. The van der Waals surface area contributed by atoms with Crippen LogP contribution in [0.5, 0.6) is 0 Å². The van der Waals surface area contributed by atoms with Crippen LogP contribution in [0.15, 0.2) is 88.7 Å². The van der Waals surface area contributed by atoms with Crippen LogP contribution in [0.2, 0.25) is 0 Å². The summed E-state index contributed by atoms with van der Waals surface area (Å²) in [6.07, 6.45) is 0.961. The van der Waals surface area contributed by atoms with Crippen LogP contribution in [-0.4, -0.2) is 69.6 Å². The van der Waals surface area contributed by atoms with Crippen molar-refractivity contribution in [1.82, 2.24) is 29.7 Å². The van der Waals surface area contributed by atoms with E-state index >= 15 is 0 Å². The Morgan fingerprint density at radius 2 is 1.60 bits per heavy atom. The van der Waals surface area contributed by atoms with Gasteiger partial charge in [0.1, 0.15) is 0 Å². The normalized spacial score (nSPS) is 16.6. The van der Waals surface area contributed by atoms with Crippen molar-refractivity contribution in [2.24, 2.45) is 5.92 Å². The summed E-state index contributed by atoms with van der Waals surface area (Å²) in [6, 6.07) is 18.9. The number of alkyl halides is 3. The topological polar surface area (TPSA) is 116 Å². The summed E-state index contributed by atoms with van der Waals surface area (Å²) in [4.78, 5) is 55.0. The van der Waals surface area contributed by atoms with E-state index in [0.29, 0.717) is 23.7 Å². The molecule has 0 unspecified atom stereocenters. The van der Waals surface area contributed by atoms with Gasteiger partial charge in [-0.1, -0.05) is 24.3 Å². The zero-order valence-corrected chi connectivity index (χ0v) is 28.4. The number of carbonyl (C=O) groups is 1. The summed E-state index contributed by atoms with van der Waals surface area (Å²) in [7, 11) is 2.05. The number of para-hydroxylation sites is 1. The molecule has 10 nitrogen and oxygen atoms in total. The Hall–Kier alpha value is -5.56. The van der Waals surface area contributed by atoms with Gasteiger partial charge in [0.15, 0.2) is 0 Å². The fraction of sp³-hybridized carbons (Fsp3) is 0.308. The van der Waals surface area contributed by atoms with Gasteiger partial charge in [0, 0.05) is 53.3 Å². The maximum Gasteiger partial charge on any atom is 0.418 e. The van der Waals surface area contributed by atoms with Crippen molar-refractivity contribution >= 4 is 44.4 Å². The first-order chi connectivity index (χ1) is 25.0. The molecule has 2 aliphatic rings. The second-order valence-electron chi connectivity index (χ2n) is 13.8. The van der Waals surface area contributed by atoms with Gasteiger partial charge in [-0.25, -0.2) is 0 Å². The third kappa shape index (κ3) is 6.29. The van der Waals surface area contributed by atoms with Crippen molar-refractivity contribution < 1.29 is 18.0 Å². The SMILES string of the molecule is CN1CCC(NC(=O)C2CCN(c3ccc(-n4c(=O)c(=O)[nH]c5cnc6ccc(-c7cnc8ccccc8c7)cc6c54)cc3C(F)(F)F)CC2)CC1. The first-order valence-corrected chi connectivity index (χ1v) is 17.4. The number of halogens is 3. The first kappa shape index (κ1) is 33.6. The number of hydrogen-bond acceptors (Lipinski definition) is 7. The van der Waals surface area contributed by atoms with Crippen LogP contribution >= 0.6 is 0 Å². The third-order valence-corrected chi connectivity index (χ3v) is 10.4. The number of piperidine rings is 2. The smallest absolute Gasteiger partial charge is 0.371 e. The lowest BCUT2D eigenvalue weighted by atomic mass is 9.94. The standard InChI is InChI=1S/C39H36F3N7O3/c1-47-14-12-27(13-15-47)45-36(50)23-10-16-48(17-11-23)34-9-7-28(20-30(34)39(40,41)42)49-35-29-19-24(26-18-25-4-2-3-5-31(25)43-21-26)6-8-32(29)44-22-33(35)46-37(51)38(49)52/h2-9,18-23,27H,10-17H2,1H3,(H,45,50)(H,46,51). The maximum absolute atomic E-state index is 14.8. The molecule has 3 aromatic carbocycles. The molecule has 0 spiro atoms. The zero-order valence-electron chi connectivity index (χ0n) is 28.4. The number of benzene rings is 3. The van der Waals surface area contributed by atoms with E-state index in [1.807, 2.05) is 36.4 Å². The highest BCUT2D eigenvalue weighted by Crippen LogP contribution is 2.40. The van der Waals surface area contributed by atoms with Crippen molar-refractivity contribution in [3.05, 3.63) is 105 Å². The summed E-state index contributed by atoms with van der Waals surface area (Å²) < 4.78 is 45.5. The van der Waals surface area contributed by atoms with Gasteiger partial charge < -0.3 is 20.1 Å². The molecule has 2 fully saturated rings. The van der Waals surface area contributed by atoms with E-state index in [1.54, 1.807) is 23.2 Å². The Labute approximate surface area is 295 Å². The van der Waals surface area contributed by atoms with Crippen molar-refractivity contribution in [2.45, 2.75) is 37.9 Å². The number of nitrogens with one attached hydrogen (secondary N) is 2. The molecular formula is C39H36F3N7O3. The lowest BCUT2D eigenvalue weighted by Crippen LogP contribution is -2.47. The van der Waals surface area contributed by atoms with Crippen molar-refractivity contribution in [1.29, 1.82) is 0 Å². The predicted molar refractivity (Wildman–Crippen MR) is 195 cm³/mol. The maximum atomic E-state index is 14.8. The molecule has 13 heteroatoms. The minimum atomic E-state index is -4.77. The van der Waals surface area contributed by atoms with Crippen LogP contribution in [-0.2, 0) is 11.0 Å². The number of aromatic nitrogens is 4. The first-order valence-electron chi connectivity index (χ1n) is 17.4. The van der Waals surface area contributed by atoms with Gasteiger partial charge in [0.05, 0.1) is 39.5 Å². The number of pyridine rings is 2. The Kier molecular flexibility index (Phi) is 8.53. The fourth-order valence-corrected chi connectivity index (χ4v) is 7.57. The van der Waals surface area contributed by atoms with Crippen molar-refractivity contribution in [3.63, 3.8) is 0 Å². The van der Waals surface area contributed by atoms with Gasteiger partial charge in [-0.05, 0) is 93.8 Å². The van der Waals surface area contributed by atoms with Crippen LogP contribution < -0.4 is 21.3 Å². The molecule has 3 aromatic heterocycles. The zero-order chi connectivity index (χ0) is 36.1. The van der Waals surface area contributed by atoms with E-state index in [9.17, 15) is 27.6 Å². The van der Waals surface area contributed by atoms with Gasteiger partial charge in [0.2, 0.25) is 5.91 Å². The van der Waals surface area contributed by atoms with Crippen molar-refractivity contribution in [2.75, 3.05) is 38.1 Å². The molecule has 1 amide bonds. The Morgan fingerprint density at radius 1 is 0.846 bits per heavy atom. The molecule has 5 heterocycles. The van der Waals surface area contributed by atoms with E-state index in [1.165, 1.54) is 18.3 Å². The molecule has 0 bridgehead atoms. The van der Waals surface area contributed by atoms with Crippen LogP contribution in [0.25, 0.3) is 49.7 Å². The molecule has 0 radical (unpaired) electrons. The molecule has 266 valence electrons. The van der Waals surface area contributed by atoms with E-state index in [0.717, 1.165) is 58.6 Å². The molecule has 2 aliphatic heterocycles. The summed E-state index contributed by atoms with van der Waals surface area (Å²) in [5, 5.41) is 4.54. The summed E-state index contributed by atoms with van der Waals surface area (Å²) >= 11 is 0. The van der Waals surface area contributed by atoms with Crippen LogP contribution in [0.3, 0.4) is 0 Å². The van der Waals surface area contributed by atoms with Gasteiger partial charge in [-0.3, -0.25) is 28.9 Å². The van der Waals surface area contributed by atoms with Crippen molar-refractivity contribution in [3.8, 4) is 16.8 Å². The second kappa shape index (κ2) is 13.2. The number of anilines is 1. The number of aromatic amines is 1. The average molecular weight is 708 g/mol. The highest BCUT2D eigenvalue weighted by atomic mass is 19.4. The molecule has 2 saturated heterocycles. The van der Waals surface area contributed by atoms with E-state index in [-0.39, 0.29) is 53.4 Å². The van der Waals surface area contributed by atoms with Gasteiger partial charge in [-0.2, -0.15) is 13.2 Å². The van der Waals surface area contributed by atoms with Crippen LogP contribution in [0.4, 0.5) is 18.9 Å². The molecule has 8 rings (SSSR count). The van der Waals surface area contributed by atoms with E-state index in [4.69, 9.17) is 0 Å². The molecule has 2 N–H and O–H groups in total. The van der Waals surface area contributed by atoms with E-state index < -0.39 is 22.9 Å². The number of carbonyl (C=O) groups excluding carboxylic acids is 1. The number of nitrogens with zero attached hydrogens (tertiary/aromatic N) is 5. The number of fused-ring (bicyclic) bond motifs is 4. The second-order valence-corrected chi connectivity index (χ2v) is 13.8. The number of H-pyrrole nitrogens is 1. The Bertz CT molecular complexity index is 2460. The Balaban J connectivity index is 1.16. The highest BCUT2D eigenvalue weighted by Gasteiger charge is 2.37. The van der Waals surface area contributed by atoms with Gasteiger partial charge in [0.25, 0.3) is 0 Å². The summed E-state index contributed by atoms with van der Waals surface area (Å²) in [5.41, 5.74) is 0.208. The predicted octanol–water partition coefficient (Wildman–Crippen LogP) is 5.89. The van der Waals surface area contributed by atoms with Crippen LogP contribution in [0, 0.1) is 5.92 Å². The van der Waals surface area contributed by atoms with E-state index in [2.05, 4.69) is 32.2 Å². The van der Waals surface area contributed by atoms with Crippen LogP contribution in [0.1, 0.15) is 31.2 Å². The monoisotopic (exact) mass is 707 g/mol. The summed E-state index contributed by atoms with van der Waals surface area (Å²) in [5.74, 6) is -0.314. The van der Waals surface area contributed by atoms with Gasteiger partial charge in [-0.15, -0.1) is 0 Å². The number of hydrogen-bond donors (Lipinski definition) is 2.